The summed E-state index contributed by atoms with van der Waals surface area (Å²) in [6.07, 6.45) is 0.0866. The number of nitrogens with one attached hydrogen (secondary N) is 1. The van der Waals surface area contributed by atoms with Crippen LogP contribution >= 0.6 is 23.4 Å². The van der Waals surface area contributed by atoms with E-state index in [1.807, 2.05) is 0 Å². The number of halogens is 2. The van der Waals surface area contributed by atoms with Gasteiger partial charge < -0.3 is 9.40 Å². The van der Waals surface area contributed by atoms with Gasteiger partial charge in [0.25, 0.3) is 10.8 Å². The Morgan fingerprint density at radius 3 is 2.81 bits per heavy atom. The van der Waals surface area contributed by atoms with Crippen LogP contribution in [0.5, 0.6) is 0 Å². The smallest absolute Gasteiger partial charge is 0.328 e. The van der Waals surface area contributed by atoms with E-state index in [9.17, 15) is 14.0 Å². The van der Waals surface area contributed by atoms with Crippen molar-refractivity contribution in [2.45, 2.75) is 24.3 Å². The molecule has 0 radical (unpaired) electrons. The molecular weight excluding hydrogens is 383 g/mol. The molecule has 1 N–H and O–H groups in total. The number of aromatic amines is 1. The Hall–Kier alpha value is -2.39. The van der Waals surface area contributed by atoms with E-state index in [0.717, 1.165) is 16.3 Å². The van der Waals surface area contributed by atoms with Crippen molar-refractivity contribution in [2.75, 3.05) is 0 Å². The van der Waals surface area contributed by atoms with Gasteiger partial charge in [0.1, 0.15) is 5.82 Å². The van der Waals surface area contributed by atoms with Crippen molar-refractivity contribution in [3.05, 3.63) is 72.6 Å². The Morgan fingerprint density at radius 1 is 1.31 bits per heavy atom. The maximum Gasteiger partial charge on any atom is 0.328 e. The standard InChI is InChI=1S/C16H14ClFN4O3S/c1-8-9(14(23)22(2)15(24)19-8)6-13-20-21-16(25-13)26-7-10-11(17)4-3-5-12(10)18/h3-5H,6-7H2,1-2H3,(H,19,24). The van der Waals surface area contributed by atoms with Crippen LogP contribution in [0.1, 0.15) is 22.7 Å². The maximum atomic E-state index is 13.8. The van der Waals surface area contributed by atoms with Crippen molar-refractivity contribution in [2.24, 2.45) is 7.05 Å². The van der Waals surface area contributed by atoms with Crippen molar-refractivity contribution >= 4 is 23.4 Å². The van der Waals surface area contributed by atoms with Gasteiger partial charge in [-0.3, -0.25) is 9.36 Å². The first-order valence-corrected chi connectivity index (χ1v) is 8.90. The summed E-state index contributed by atoms with van der Waals surface area (Å²) in [6, 6.07) is 4.47. The minimum Gasteiger partial charge on any atom is -0.416 e. The van der Waals surface area contributed by atoms with Gasteiger partial charge >= 0.3 is 5.69 Å². The number of benzene rings is 1. The van der Waals surface area contributed by atoms with Gasteiger partial charge in [-0.15, -0.1) is 10.2 Å². The predicted molar refractivity (Wildman–Crippen MR) is 95.1 cm³/mol. The number of hydrogen-bond acceptors (Lipinski definition) is 6. The monoisotopic (exact) mass is 396 g/mol. The van der Waals surface area contributed by atoms with Crippen LogP contribution in [-0.2, 0) is 19.2 Å². The third kappa shape index (κ3) is 3.73. The topological polar surface area (TPSA) is 93.8 Å². The molecule has 0 amide bonds. The van der Waals surface area contributed by atoms with E-state index in [1.165, 1.54) is 19.2 Å². The van der Waals surface area contributed by atoms with Crippen molar-refractivity contribution < 1.29 is 8.81 Å². The number of nitrogens with zero attached hydrogens (tertiary/aromatic N) is 3. The predicted octanol–water partition coefficient (Wildman–Crippen LogP) is 2.44. The summed E-state index contributed by atoms with van der Waals surface area (Å²) in [5.41, 5.74) is 0.258. The van der Waals surface area contributed by atoms with Gasteiger partial charge in [0.15, 0.2) is 0 Å². The molecule has 0 aliphatic heterocycles. The molecule has 2 aromatic heterocycles. The number of aromatic nitrogens is 4. The van der Waals surface area contributed by atoms with Crippen LogP contribution in [0.25, 0.3) is 0 Å². The van der Waals surface area contributed by atoms with Gasteiger partial charge in [-0.25, -0.2) is 9.18 Å². The molecule has 3 aromatic rings. The number of hydrogen-bond donors (Lipinski definition) is 1. The van der Waals surface area contributed by atoms with Crippen molar-refractivity contribution in [1.82, 2.24) is 19.7 Å². The lowest BCUT2D eigenvalue weighted by atomic mass is 10.2. The molecule has 136 valence electrons. The Morgan fingerprint density at radius 2 is 2.08 bits per heavy atom. The molecule has 2 heterocycles. The lowest BCUT2D eigenvalue weighted by molar-refractivity contribution is 0.419. The summed E-state index contributed by atoms with van der Waals surface area (Å²) in [4.78, 5) is 26.3. The molecule has 0 aliphatic rings. The second-order valence-corrected chi connectivity index (χ2v) is 6.86. The average molecular weight is 397 g/mol. The molecule has 0 saturated heterocycles. The van der Waals surface area contributed by atoms with Crippen LogP contribution in [0.2, 0.25) is 5.02 Å². The largest absolute Gasteiger partial charge is 0.416 e. The SMILES string of the molecule is Cc1[nH]c(=O)n(C)c(=O)c1Cc1nnc(SCc2c(F)cccc2Cl)o1. The number of rotatable bonds is 5. The highest BCUT2D eigenvalue weighted by atomic mass is 35.5. The maximum absolute atomic E-state index is 13.8. The molecule has 26 heavy (non-hydrogen) atoms. The quantitative estimate of drug-likeness (QED) is 0.666. The molecule has 0 unspecified atom stereocenters. The van der Waals surface area contributed by atoms with E-state index in [2.05, 4.69) is 15.2 Å². The first kappa shape index (κ1) is 18.4. The Balaban J connectivity index is 1.76. The van der Waals surface area contributed by atoms with Crippen molar-refractivity contribution in [3.63, 3.8) is 0 Å². The van der Waals surface area contributed by atoms with Crippen LogP contribution in [0.4, 0.5) is 4.39 Å². The molecule has 0 bridgehead atoms. The first-order valence-electron chi connectivity index (χ1n) is 7.53. The third-order valence-corrected chi connectivity index (χ3v) is 4.99. The zero-order valence-electron chi connectivity index (χ0n) is 13.9. The summed E-state index contributed by atoms with van der Waals surface area (Å²) in [7, 11) is 1.39. The zero-order valence-corrected chi connectivity index (χ0v) is 15.4. The Bertz CT molecular complexity index is 1060. The fraction of sp³-hybridized carbons (Fsp3) is 0.250. The molecule has 3 rings (SSSR count). The second kappa shape index (κ2) is 7.46. The fourth-order valence-electron chi connectivity index (χ4n) is 2.31. The Labute approximate surface area is 156 Å². The summed E-state index contributed by atoms with van der Waals surface area (Å²) in [6.45, 7) is 1.63. The minimum absolute atomic E-state index is 0.0866. The minimum atomic E-state index is -0.486. The number of aryl methyl sites for hydroxylation is 1. The molecule has 0 atom stereocenters. The van der Waals surface area contributed by atoms with E-state index in [0.29, 0.717) is 21.8 Å². The average Bonchev–Trinajstić information content (AvgIpc) is 3.04. The van der Waals surface area contributed by atoms with E-state index >= 15 is 0 Å². The van der Waals surface area contributed by atoms with Crippen LogP contribution < -0.4 is 11.2 Å². The molecular formula is C16H14ClFN4O3S. The number of H-pyrrole nitrogens is 1. The van der Waals surface area contributed by atoms with Gasteiger partial charge in [0, 0.05) is 34.6 Å². The van der Waals surface area contributed by atoms with Gasteiger partial charge in [0.2, 0.25) is 5.89 Å². The summed E-state index contributed by atoms with van der Waals surface area (Å²) in [5, 5.41) is 8.34. The van der Waals surface area contributed by atoms with Crippen LogP contribution in [0.15, 0.2) is 37.4 Å². The van der Waals surface area contributed by atoms with E-state index in [4.69, 9.17) is 16.0 Å². The van der Waals surface area contributed by atoms with Crippen LogP contribution in [0.3, 0.4) is 0 Å². The fourth-order valence-corrected chi connectivity index (χ4v) is 3.43. The zero-order chi connectivity index (χ0) is 18.8. The molecule has 10 heteroatoms. The first-order chi connectivity index (χ1) is 12.4. The molecule has 0 saturated carbocycles. The lowest BCUT2D eigenvalue weighted by Gasteiger charge is -2.04. The highest BCUT2D eigenvalue weighted by Gasteiger charge is 2.15. The summed E-state index contributed by atoms with van der Waals surface area (Å²) in [5.74, 6) is 0.0449. The van der Waals surface area contributed by atoms with E-state index in [-0.39, 0.29) is 23.3 Å². The van der Waals surface area contributed by atoms with Crippen LogP contribution in [0, 0.1) is 12.7 Å². The molecule has 1 aromatic carbocycles. The van der Waals surface area contributed by atoms with Gasteiger partial charge in [-0.2, -0.15) is 0 Å². The third-order valence-electron chi connectivity index (χ3n) is 3.79. The lowest BCUT2D eigenvalue weighted by Crippen LogP contribution is -2.36. The summed E-state index contributed by atoms with van der Waals surface area (Å²) >= 11 is 7.13. The van der Waals surface area contributed by atoms with E-state index < -0.39 is 17.1 Å². The highest BCUT2D eigenvalue weighted by Crippen LogP contribution is 2.28. The molecule has 0 aliphatic carbocycles. The summed E-state index contributed by atoms with van der Waals surface area (Å²) < 4.78 is 20.3. The normalized spacial score (nSPS) is 11.1. The van der Waals surface area contributed by atoms with Gasteiger partial charge in [0.05, 0.1) is 6.42 Å². The second-order valence-electron chi connectivity index (χ2n) is 5.53. The van der Waals surface area contributed by atoms with Crippen molar-refractivity contribution in [3.8, 4) is 0 Å². The molecule has 7 nitrogen and oxygen atoms in total. The number of thioether (sulfide) groups is 1. The van der Waals surface area contributed by atoms with E-state index in [1.54, 1.807) is 13.0 Å². The molecule has 0 fully saturated rings. The van der Waals surface area contributed by atoms with Crippen LogP contribution in [-0.4, -0.2) is 19.7 Å². The van der Waals surface area contributed by atoms with Crippen molar-refractivity contribution in [1.29, 1.82) is 0 Å². The molecule has 0 spiro atoms. The highest BCUT2D eigenvalue weighted by molar-refractivity contribution is 7.98. The van der Waals surface area contributed by atoms with Gasteiger partial charge in [-0.05, 0) is 19.1 Å². The van der Waals surface area contributed by atoms with Gasteiger partial charge in [-0.1, -0.05) is 29.4 Å². The Kier molecular flexibility index (Phi) is 5.28.